The van der Waals surface area contributed by atoms with Crippen LogP contribution in [0.15, 0.2) is 0 Å². The summed E-state index contributed by atoms with van der Waals surface area (Å²) in [5, 5.41) is 0.230. The zero-order valence-corrected chi connectivity index (χ0v) is 19.9. The van der Waals surface area contributed by atoms with Gasteiger partial charge >= 0.3 is 5.97 Å². The molecular formula is C24H45ClO3. The van der Waals surface area contributed by atoms with Gasteiger partial charge in [0.05, 0.1) is 19.3 Å². The van der Waals surface area contributed by atoms with Crippen LogP contribution in [0.1, 0.15) is 111 Å². The number of hydrogen-bond acceptors (Lipinski definition) is 3. The number of carbonyl (C=O) groups is 1. The van der Waals surface area contributed by atoms with Crippen molar-refractivity contribution < 1.29 is 14.3 Å². The molecule has 0 aromatic carbocycles. The van der Waals surface area contributed by atoms with Gasteiger partial charge < -0.3 is 9.47 Å². The third-order valence-corrected chi connectivity index (χ3v) is 6.56. The molecule has 4 atom stereocenters. The molecule has 3 nitrogen and oxygen atoms in total. The number of alkyl halides is 1. The number of carbonyl (C=O) groups excluding carboxylic acids is 1. The molecule has 1 aliphatic heterocycles. The topological polar surface area (TPSA) is 35.5 Å². The van der Waals surface area contributed by atoms with Gasteiger partial charge in [0.1, 0.15) is 0 Å². The van der Waals surface area contributed by atoms with E-state index in [1.54, 1.807) is 0 Å². The highest BCUT2D eigenvalue weighted by Crippen LogP contribution is 2.42. The van der Waals surface area contributed by atoms with Gasteiger partial charge in [0.15, 0.2) is 0 Å². The van der Waals surface area contributed by atoms with E-state index in [1.807, 2.05) is 0 Å². The summed E-state index contributed by atoms with van der Waals surface area (Å²) in [4.78, 5) is 11.1. The lowest BCUT2D eigenvalue weighted by molar-refractivity contribution is -0.140. The van der Waals surface area contributed by atoms with Crippen molar-refractivity contribution in [3.05, 3.63) is 0 Å². The molecular weight excluding hydrogens is 372 g/mol. The number of esters is 1. The third kappa shape index (κ3) is 9.96. The minimum atomic E-state index is -0.0957. The molecule has 28 heavy (non-hydrogen) atoms. The average molecular weight is 417 g/mol. The van der Waals surface area contributed by atoms with Crippen molar-refractivity contribution in [1.29, 1.82) is 0 Å². The number of methoxy groups -OCH3 is 1. The van der Waals surface area contributed by atoms with Gasteiger partial charge in [-0.25, -0.2) is 0 Å². The van der Waals surface area contributed by atoms with Crippen LogP contribution in [0.25, 0.3) is 0 Å². The standard InChI is InChI=1S/C24H45ClO3/c1-6-7-8-12-15-19-18-21(25)20(23(28-19)24(2,3)4)16-13-10-9-11-14-17-22(26)27-5/h19-21,23H,6-18H2,1-5H3/t19-,20+,21+,23-/m1/s1. The van der Waals surface area contributed by atoms with Crippen LogP contribution >= 0.6 is 11.6 Å². The second-order valence-electron chi connectivity index (χ2n) is 9.69. The molecule has 0 aromatic rings. The summed E-state index contributed by atoms with van der Waals surface area (Å²) in [7, 11) is 1.46. The van der Waals surface area contributed by atoms with Gasteiger partial charge in [-0.15, -0.1) is 11.6 Å². The Morgan fingerprint density at radius 2 is 1.61 bits per heavy atom. The number of rotatable bonds is 13. The van der Waals surface area contributed by atoms with Crippen LogP contribution in [0.4, 0.5) is 0 Å². The number of halogens is 1. The quantitative estimate of drug-likeness (QED) is 0.179. The Bertz CT molecular complexity index is 419. The Morgan fingerprint density at radius 3 is 2.25 bits per heavy atom. The lowest BCUT2D eigenvalue weighted by atomic mass is 9.74. The zero-order chi connectivity index (χ0) is 21.0. The van der Waals surface area contributed by atoms with E-state index in [-0.39, 0.29) is 22.9 Å². The van der Waals surface area contributed by atoms with E-state index in [9.17, 15) is 4.79 Å². The predicted molar refractivity (Wildman–Crippen MR) is 119 cm³/mol. The third-order valence-electron chi connectivity index (χ3n) is 6.06. The Kier molecular flexibility index (Phi) is 12.7. The smallest absolute Gasteiger partial charge is 0.305 e. The van der Waals surface area contributed by atoms with Crippen molar-refractivity contribution in [3.63, 3.8) is 0 Å². The van der Waals surface area contributed by atoms with E-state index in [2.05, 4.69) is 27.7 Å². The molecule has 0 radical (unpaired) electrons. The van der Waals surface area contributed by atoms with E-state index in [4.69, 9.17) is 21.1 Å². The van der Waals surface area contributed by atoms with Crippen LogP contribution < -0.4 is 0 Å². The first kappa shape index (κ1) is 25.8. The van der Waals surface area contributed by atoms with Crippen molar-refractivity contribution >= 4 is 17.6 Å². The van der Waals surface area contributed by atoms with Gasteiger partial charge in [-0.3, -0.25) is 4.79 Å². The molecule has 0 saturated carbocycles. The first-order chi connectivity index (χ1) is 13.3. The molecule has 0 aromatic heterocycles. The average Bonchev–Trinajstić information content (AvgIpc) is 2.64. The summed E-state index contributed by atoms with van der Waals surface area (Å²) in [5.74, 6) is 0.352. The monoisotopic (exact) mass is 416 g/mol. The van der Waals surface area contributed by atoms with E-state index in [0.29, 0.717) is 18.4 Å². The van der Waals surface area contributed by atoms with E-state index in [1.165, 1.54) is 52.1 Å². The molecule has 0 bridgehead atoms. The first-order valence-corrected chi connectivity index (χ1v) is 12.1. The lowest BCUT2D eigenvalue weighted by Crippen LogP contribution is -2.48. The molecule has 0 amide bonds. The van der Waals surface area contributed by atoms with E-state index >= 15 is 0 Å². The predicted octanol–water partition coefficient (Wildman–Crippen LogP) is 7.29. The van der Waals surface area contributed by atoms with Crippen LogP contribution in [0.3, 0.4) is 0 Å². The van der Waals surface area contributed by atoms with Crippen LogP contribution in [-0.4, -0.2) is 30.7 Å². The van der Waals surface area contributed by atoms with Crippen LogP contribution in [-0.2, 0) is 14.3 Å². The number of ether oxygens (including phenoxy) is 2. The molecule has 0 aliphatic carbocycles. The minimum absolute atomic E-state index is 0.0957. The van der Waals surface area contributed by atoms with Gasteiger partial charge in [-0.1, -0.05) is 79.1 Å². The first-order valence-electron chi connectivity index (χ1n) is 11.7. The van der Waals surface area contributed by atoms with Crippen molar-refractivity contribution in [2.75, 3.05) is 7.11 Å². The highest BCUT2D eigenvalue weighted by atomic mass is 35.5. The SMILES string of the molecule is CCCCCC[C@@H]1C[C@H](Cl)[C@H](CCCCCCCC(=O)OC)[C@H](C(C)(C)C)O1. The van der Waals surface area contributed by atoms with Crippen LogP contribution in [0.5, 0.6) is 0 Å². The van der Waals surface area contributed by atoms with Crippen LogP contribution in [0.2, 0.25) is 0 Å². The van der Waals surface area contributed by atoms with Gasteiger partial charge in [0.25, 0.3) is 0 Å². The fourth-order valence-corrected chi connectivity index (χ4v) is 4.88. The summed E-state index contributed by atoms with van der Waals surface area (Å²) >= 11 is 6.90. The van der Waals surface area contributed by atoms with Crippen molar-refractivity contribution in [2.45, 2.75) is 129 Å². The Hall–Kier alpha value is -0.280. The van der Waals surface area contributed by atoms with Gasteiger partial charge in [-0.2, -0.15) is 0 Å². The molecule has 0 spiro atoms. The molecule has 0 N–H and O–H groups in total. The van der Waals surface area contributed by atoms with Crippen LogP contribution in [0, 0.1) is 11.3 Å². The molecule has 4 heteroatoms. The summed E-state index contributed by atoms with van der Waals surface area (Å²) < 4.78 is 11.3. The summed E-state index contributed by atoms with van der Waals surface area (Å²) in [5.41, 5.74) is 0.125. The minimum Gasteiger partial charge on any atom is -0.469 e. The van der Waals surface area contributed by atoms with E-state index < -0.39 is 0 Å². The Balaban J connectivity index is 2.39. The van der Waals surface area contributed by atoms with Gasteiger partial charge in [0, 0.05) is 17.7 Å². The van der Waals surface area contributed by atoms with Crippen molar-refractivity contribution in [2.24, 2.45) is 11.3 Å². The molecule has 1 aliphatic rings. The maximum atomic E-state index is 11.1. The second-order valence-corrected chi connectivity index (χ2v) is 10.3. The highest BCUT2D eigenvalue weighted by molar-refractivity contribution is 6.20. The summed E-state index contributed by atoms with van der Waals surface area (Å²) in [6, 6.07) is 0. The molecule has 1 rings (SSSR count). The maximum absolute atomic E-state index is 11.1. The molecule has 166 valence electrons. The largest absolute Gasteiger partial charge is 0.469 e. The fraction of sp³-hybridized carbons (Fsp3) is 0.958. The number of hydrogen-bond donors (Lipinski definition) is 0. The Labute approximate surface area is 179 Å². The van der Waals surface area contributed by atoms with Crippen molar-refractivity contribution in [3.8, 4) is 0 Å². The summed E-state index contributed by atoms with van der Waals surface area (Å²) in [6.45, 7) is 9.13. The van der Waals surface area contributed by atoms with Gasteiger partial charge in [0.2, 0.25) is 0 Å². The molecule has 1 fully saturated rings. The van der Waals surface area contributed by atoms with E-state index in [0.717, 1.165) is 32.1 Å². The number of unbranched alkanes of at least 4 members (excludes halogenated alkanes) is 7. The highest BCUT2D eigenvalue weighted by Gasteiger charge is 2.42. The maximum Gasteiger partial charge on any atom is 0.305 e. The molecule has 1 heterocycles. The molecule has 0 unspecified atom stereocenters. The molecule has 1 saturated heterocycles. The fourth-order valence-electron chi connectivity index (χ4n) is 4.42. The summed E-state index contributed by atoms with van der Waals surface area (Å²) in [6.07, 6.45) is 15.2. The normalized spacial score (nSPS) is 25.6. The lowest BCUT2D eigenvalue weighted by Gasteiger charge is -2.46. The van der Waals surface area contributed by atoms with Gasteiger partial charge in [-0.05, 0) is 31.1 Å². The zero-order valence-electron chi connectivity index (χ0n) is 19.1. The Morgan fingerprint density at radius 1 is 1.00 bits per heavy atom. The second kappa shape index (κ2) is 13.9. The van der Waals surface area contributed by atoms with Crippen molar-refractivity contribution in [1.82, 2.24) is 0 Å².